The molecule has 3 heterocycles. The van der Waals surface area contributed by atoms with E-state index in [9.17, 15) is 4.79 Å². The quantitative estimate of drug-likeness (QED) is 0.450. The Morgan fingerprint density at radius 1 is 0.972 bits per heavy atom. The van der Waals surface area contributed by atoms with Gasteiger partial charge >= 0.3 is 0 Å². The van der Waals surface area contributed by atoms with Crippen LogP contribution in [0.25, 0.3) is 11.4 Å². The minimum absolute atomic E-state index is 0.225. The summed E-state index contributed by atoms with van der Waals surface area (Å²) >= 11 is 8.39. The van der Waals surface area contributed by atoms with E-state index in [1.165, 1.54) is 11.8 Å². The van der Waals surface area contributed by atoms with Gasteiger partial charge in [-0.2, -0.15) is 5.10 Å². The zero-order valence-corrected chi connectivity index (χ0v) is 20.9. The third kappa shape index (κ3) is 3.98. The van der Waals surface area contributed by atoms with Gasteiger partial charge in [0, 0.05) is 11.0 Å². The van der Waals surface area contributed by atoms with Gasteiger partial charge in [0.15, 0.2) is 11.3 Å². The van der Waals surface area contributed by atoms with Crippen LogP contribution in [0.15, 0.2) is 95.0 Å². The number of aryl methyl sites for hydroxylation is 1. The number of benzene rings is 3. The predicted octanol–water partition coefficient (Wildman–Crippen LogP) is 3.91. The highest BCUT2D eigenvalue weighted by molar-refractivity contribution is 8.13. The van der Waals surface area contributed by atoms with Crippen LogP contribution < -0.4 is 15.9 Å². The van der Waals surface area contributed by atoms with Crippen molar-refractivity contribution in [2.45, 2.75) is 18.8 Å². The summed E-state index contributed by atoms with van der Waals surface area (Å²) < 4.78 is 1.70. The summed E-state index contributed by atoms with van der Waals surface area (Å²) in [6.07, 6.45) is -0.641. The molecule has 2 aliphatic rings. The van der Waals surface area contributed by atoms with Crippen molar-refractivity contribution >= 4 is 40.1 Å². The van der Waals surface area contributed by atoms with Crippen LogP contribution in [-0.2, 0) is 10.5 Å². The number of hydrazone groups is 1. The first-order valence-corrected chi connectivity index (χ1v) is 12.8. The number of halogens is 1. The Labute approximate surface area is 216 Å². The summed E-state index contributed by atoms with van der Waals surface area (Å²) in [4.78, 5) is 18.4. The van der Waals surface area contributed by atoms with Gasteiger partial charge in [0.1, 0.15) is 10.9 Å². The van der Waals surface area contributed by atoms with Crippen molar-refractivity contribution in [3.05, 3.63) is 117 Å². The molecule has 36 heavy (non-hydrogen) atoms. The second-order valence-electron chi connectivity index (χ2n) is 8.38. The molecule has 7 nitrogen and oxygen atoms in total. The minimum atomic E-state index is -0.641. The Balaban J connectivity index is 1.46. The molecule has 0 saturated heterocycles. The van der Waals surface area contributed by atoms with Gasteiger partial charge in [-0.15, -0.1) is 5.10 Å². The number of para-hydroxylation sites is 2. The highest BCUT2D eigenvalue weighted by atomic mass is 35.5. The highest BCUT2D eigenvalue weighted by Gasteiger charge is 2.37. The van der Waals surface area contributed by atoms with Gasteiger partial charge in [0.05, 0.1) is 22.3 Å². The van der Waals surface area contributed by atoms with Crippen LogP contribution >= 0.6 is 23.4 Å². The Kier molecular flexibility index (Phi) is 5.83. The first-order chi connectivity index (χ1) is 17.6. The van der Waals surface area contributed by atoms with Crippen LogP contribution in [-0.4, -0.2) is 25.9 Å². The molecule has 4 aromatic rings. The summed E-state index contributed by atoms with van der Waals surface area (Å²) in [6.45, 7) is 1.90. The fourth-order valence-corrected chi connectivity index (χ4v) is 5.53. The maximum absolute atomic E-state index is 13.4. The van der Waals surface area contributed by atoms with E-state index in [1.807, 2.05) is 91.9 Å². The van der Waals surface area contributed by atoms with Gasteiger partial charge in [-0.05, 0) is 30.7 Å². The molecule has 0 radical (unpaired) electrons. The predicted molar refractivity (Wildman–Crippen MR) is 142 cm³/mol. The molecule has 0 saturated carbocycles. The largest absolute Gasteiger partial charge is 0.298 e. The average molecular weight is 513 g/mol. The maximum Gasteiger partial charge on any atom is 0.276 e. The lowest BCUT2D eigenvalue weighted by Crippen LogP contribution is -2.50. The maximum atomic E-state index is 13.4. The van der Waals surface area contributed by atoms with Gasteiger partial charge in [0.25, 0.3) is 5.91 Å². The summed E-state index contributed by atoms with van der Waals surface area (Å²) in [6, 6.07) is 27.3. The molecule has 0 fully saturated rings. The Morgan fingerprint density at radius 2 is 1.67 bits per heavy atom. The molecular weight excluding hydrogens is 492 g/mol. The number of amides is 1. The van der Waals surface area contributed by atoms with Crippen molar-refractivity contribution in [2.75, 3.05) is 0 Å². The number of nitrogens with one attached hydrogen (secondary N) is 1. The van der Waals surface area contributed by atoms with E-state index in [4.69, 9.17) is 26.8 Å². The summed E-state index contributed by atoms with van der Waals surface area (Å²) in [5.41, 5.74) is 3.85. The third-order valence-corrected chi connectivity index (χ3v) is 7.34. The lowest BCUT2D eigenvalue weighted by molar-refractivity contribution is -0.116. The lowest BCUT2D eigenvalue weighted by Gasteiger charge is -2.34. The van der Waals surface area contributed by atoms with Gasteiger partial charge < -0.3 is 0 Å². The van der Waals surface area contributed by atoms with Crippen molar-refractivity contribution in [2.24, 2.45) is 10.1 Å². The van der Waals surface area contributed by atoms with Crippen molar-refractivity contribution in [1.29, 1.82) is 0 Å². The smallest absolute Gasteiger partial charge is 0.276 e. The molecule has 0 bridgehead atoms. The van der Waals surface area contributed by atoms with Gasteiger partial charge in [0.2, 0.25) is 0 Å². The number of nitrogens with zero attached hydrogens (tertiary/aromatic N) is 5. The summed E-state index contributed by atoms with van der Waals surface area (Å²) in [7, 11) is 0. The number of carbonyl (C=O) groups is 1. The molecule has 178 valence electrons. The molecule has 0 unspecified atom stereocenters. The van der Waals surface area contributed by atoms with E-state index in [0.29, 0.717) is 32.7 Å². The van der Waals surface area contributed by atoms with Gasteiger partial charge in [-0.3, -0.25) is 15.1 Å². The molecule has 1 amide bonds. The minimum Gasteiger partial charge on any atom is -0.298 e. The molecule has 6 rings (SSSR count). The third-order valence-electron chi connectivity index (χ3n) is 6.04. The van der Waals surface area contributed by atoms with E-state index in [1.54, 1.807) is 9.69 Å². The van der Waals surface area contributed by atoms with Gasteiger partial charge in [-0.25, -0.2) is 9.69 Å². The first kappa shape index (κ1) is 22.6. The fourth-order valence-electron chi connectivity index (χ4n) is 4.35. The zero-order valence-electron chi connectivity index (χ0n) is 19.3. The molecular formula is C27H21ClN6OS. The number of aromatic nitrogens is 2. The molecule has 2 aliphatic heterocycles. The standard InChI is InChI=1S/C27H21ClN6OS/c1-17-22(24(28)33(31-17)19-12-6-3-7-13-19)25-29-21-15-9-8-14-20(21)23-26(35)30-27(32-34(23)25)36-16-18-10-4-2-5-11-18/h2-15,25H,16H2,1H3,(H,30,32,35)/t25-/m0/s1. The van der Waals surface area contributed by atoms with Crippen molar-refractivity contribution < 1.29 is 4.79 Å². The van der Waals surface area contributed by atoms with Crippen LogP contribution in [0.5, 0.6) is 0 Å². The number of fused-ring (bicyclic) bond motifs is 2. The fraction of sp³-hybridized carbons (Fsp3) is 0.111. The van der Waals surface area contributed by atoms with Crippen molar-refractivity contribution in [3.63, 3.8) is 0 Å². The molecule has 1 N–H and O–H groups in total. The number of hydrogen-bond donors (Lipinski definition) is 1. The molecule has 0 aliphatic carbocycles. The second kappa shape index (κ2) is 9.29. The van der Waals surface area contributed by atoms with E-state index in [-0.39, 0.29) is 5.91 Å². The van der Waals surface area contributed by atoms with E-state index >= 15 is 0 Å². The highest BCUT2D eigenvalue weighted by Crippen LogP contribution is 2.37. The molecule has 1 atom stereocenters. The van der Waals surface area contributed by atoms with Gasteiger partial charge in [-0.1, -0.05) is 90.1 Å². The molecule has 3 aromatic carbocycles. The van der Waals surface area contributed by atoms with Crippen molar-refractivity contribution in [3.8, 4) is 5.69 Å². The number of amidine groups is 1. The van der Waals surface area contributed by atoms with Crippen molar-refractivity contribution in [1.82, 2.24) is 20.1 Å². The Hall–Kier alpha value is -3.88. The SMILES string of the molecule is Cc1nn(-c2ccccc2)c(Cl)c1[C@H]1N=c2ccccc2=C2C(=O)NC(SCc3ccccc3)=NN21. The molecule has 9 heteroatoms. The normalized spacial score (nSPS) is 16.6. The number of thioether (sulfide) groups is 1. The first-order valence-electron chi connectivity index (χ1n) is 11.4. The molecule has 1 aromatic heterocycles. The van der Waals surface area contributed by atoms with Crippen LogP contribution in [0.1, 0.15) is 23.0 Å². The second-order valence-corrected chi connectivity index (χ2v) is 9.71. The van der Waals surface area contributed by atoms with Crippen LogP contribution in [0.2, 0.25) is 5.15 Å². The Morgan fingerprint density at radius 3 is 2.44 bits per heavy atom. The average Bonchev–Trinajstić information content (AvgIpc) is 3.21. The number of carbonyl (C=O) groups excluding carboxylic acids is 1. The Bertz CT molecular complexity index is 1620. The van der Waals surface area contributed by atoms with E-state index < -0.39 is 6.17 Å². The number of rotatable bonds is 4. The monoisotopic (exact) mass is 512 g/mol. The summed E-state index contributed by atoms with van der Waals surface area (Å²) in [5, 5.41) is 16.6. The number of hydrogen-bond acceptors (Lipinski definition) is 6. The van der Waals surface area contributed by atoms with E-state index in [2.05, 4.69) is 5.32 Å². The van der Waals surface area contributed by atoms with Crippen LogP contribution in [0, 0.1) is 6.92 Å². The lowest BCUT2D eigenvalue weighted by atomic mass is 10.1. The summed E-state index contributed by atoms with van der Waals surface area (Å²) in [5.74, 6) is 0.449. The zero-order chi connectivity index (χ0) is 24.6. The van der Waals surface area contributed by atoms with Crippen LogP contribution in [0.3, 0.4) is 0 Å². The molecule has 0 spiro atoms. The van der Waals surface area contributed by atoms with E-state index in [0.717, 1.165) is 22.2 Å². The topological polar surface area (TPSA) is 74.9 Å². The van der Waals surface area contributed by atoms with Crippen LogP contribution in [0.4, 0.5) is 0 Å².